The lowest BCUT2D eigenvalue weighted by atomic mass is 10.0. The predicted octanol–water partition coefficient (Wildman–Crippen LogP) is 3.58. The molecule has 0 saturated carbocycles. The van der Waals surface area contributed by atoms with E-state index in [4.69, 9.17) is 18.0 Å². The number of anilines is 1. The molecular formula is C13H18F3N3S. The molecular weight excluding hydrogens is 287 g/mol. The number of nitrogens with zero attached hydrogens (tertiary/aromatic N) is 1. The molecule has 0 bridgehead atoms. The number of hydrogen-bond donors (Lipinski definition) is 2. The molecule has 3 N–H and O–H groups in total. The molecule has 1 heterocycles. The summed E-state index contributed by atoms with van der Waals surface area (Å²) >= 11 is 4.84. The molecule has 1 rings (SSSR count). The van der Waals surface area contributed by atoms with Gasteiger partial charge in [-0.1, -0.05) is 38.9 Å². The Hall–Kier alpha value is -1.37. The fourth-order valence-electron chi connectivity index (χ4n) is 1.77. The first-order valence-electron chi connectivity index (χ1n) is 6.41. The fourth-order valence-corrected chi connectivity index (χ4v) is 1.93. The summed E-state index contributed by atoms with van der Waals surface area (Å²) in [4.78, 5) is 3.63. The lowest BCUT2D eigenvalue weighted by Gasteiger charge is -2.17. The van der Waals surface area contributed by atoms with Crippen molar-refractivity contribution in [2.45, 2.75) is 32.9 Å². The van der Waals surface area contributed by atoms with E-state index in [0.29, 0.717) is 18.0 Å². The molecule has 0 aliphatic heterocycles. The SMILES string of the molecule is CCC(CC)CNc1nc(C(F)(F)F)ccc1C(N)=S. The van der Waals surface area contributed by atoms with Crippen molar-refractivity contribution in [2.75, 3.05) is 11.9 Å². The van der Waals surface area contributed by atoms with E-state index < -0.39 is 11.9 Å². The first kappa shape index (κ1) is 16.7. The second-order valence-electron chi connectivity index (χ2n) is 4.52. The van der Waals surface area contributed by atoms with Crippen molar-refractivity contribution in [3.05, 3.63) is 23.4 Å². The number of alkyl halides is 3. The third-order valence-electron chi connectivity index (χ3n) is 3.16. The lowest BCUT2D eigenvalue weighted by molar-refractivity contribution is -0.141. The molecule has 0 atom stereocenters. The van der Waals surface area contributed by atoms with Gasteiger partial charge in [-0.25, -0.2) is 4.98 Å². The maximum absolute atomic E-state index is 12.7. The Morgan fingerprint density at radius 3 is 2.40 bits per heavy atom. The van der Waals surface area contributed by atoms with Crippen LogP contribution in [0.4, 0.5) is 19.0 Å². The summed E-state index contributed by atoms with van der Waals surface area (Å²) in [6.07, 6.45) is -2.62. The zero-order valence-electron chi connectivity index (χ0n) is 11.4. The van der Waals surface area contributed by atoms with E-state index in [1.54, 1.807) is 0 Å². The lowest BCUT2D eigenvalue weighted by Crippen LogP contribution is -2.20. The third kappa shape index (κ3) is 4.33. The normalized spacial score (nSPS) is 11.7. The number of nitrogens with one attached hydrogen (secondary N) is 1. The van der Waals surface area contributed by atoms with E-state index in [1.807, 2.05) is 13.8 Å². The summed E-state index contributed by atoms with van der Waals surface area (Å²) in [5, 5.41) is 2.93. The van der Waals surface area contributed by atoms with Crippen LogP contribution in [0.5, 0.6) is 0 Å². The van der Waals surface area contributed by atoms with Crippen LogP contribution in [0, 0.1) is 5.92 Å². The van der Waals surface area contributed by atoms with Gasteiger partial charge in [0.1, 0.15) is 16.5 Å². The van der Waals surface area contributed by atoms with Crippen molar-refractivity contribution in [3.63, 3.8) is 0 Å². The molecule has 0 aliphatic rings. The Morgan fingerprint density at radius 2 is 1.95 bits per heavy atom. The molecule has 3 nitrogen and oxygen atoms in total. The summed E-state index contributed by atoms with van der Waals surface area (Å²) in [6.45, 7) is 4.60. The van der Waals surface area contributed by atoms with Crippen LogP contribution in [0.25, 0.3) is 0 Å². The Kier molecular flexibility index (Phi) is 5.74. The molecule has 1 aromatic rings. The summed E-state index contributed by atoms with van der Waals surface area (Å²) < 4.78 is 38.0. The van der Waals surface area contributed by atoms with Crippen molar-refractivity contribution in [2.24, 2.45) is 11.7 Å². The van der Waals surface area contributed by atoms with Gasteiger partial charge in [-0.2, -0.15) is 13.2 Å². The predicted molar refractivity (Wildman–Crippen MR) is 77.7 cm³/mol. The number of pyridine rings is 1. The van der Waals surface area contributed by atoms with E-state index >= 15 is 0 Å². The zero-order valence-corrected chi connectivity index (χ0v) is 12.2. The second kappa shape index (κ2) is 6.88. The number of thiocarbonyl (C=S) groups is 1. The number of aromatic nitrogens is 1. The molecule has 0 aliphatic carbocycles. The highest BCUT2D eigenvalue weighted by atomic mass is 32.1. The average molecular weight is 305 g/mol. The average Bonchev–Trinajstić information content (AvgIpc) is 2.38. The molecule has 0 unspecified atom stereocenters. The van der Waals surface area contributed by atoms with Crippen LogP contribution in [0.15, 0.2) is 12.1 Å². The van der Waals surface area contributed by atoms with E-state index in [-0.39, 0.29) is 10.8 Å². The Balaban J connectivity index is 3.03. The number of halogens is 3. The smallest absolute Gasteiger partial charge is 0.389 e. The molecule has 0 radical (unpaired) electrons. The van der Waals surface area contributed by atoms with E-state index in [0.717, 1.165) is 18.9 Å². The number of rotatable bonds is 6. The molecule has 0 fully saturated rings. The summed E-state index contributed by atoms with van der Waals surface area (Å²) in [6, 6.07) is 2.14. The highest BCUT2D eigenvalue weighted by molar-refractivity contribution is 7.80. The maximum atomic E-state index is 12.7. The molecule has 1 aromatic heterocycles. The van der Waals surface area contributed by atoms with Gasteiger partial charge in [0.15, 0.2) is 0 Å². The van der Waals surface area contributed by atoms with Gasteiger partial charge in [-0.15, -0.1) is 0 Å². The van der Waals surface area contributed by atoms with Crippen molar-refractivity contribution in [1.82, 2.24) is 4.98 Å². The first-order chi connectivity index (χ1) is 9.29. The fraction of sp³-hybridized carbons (Fsp3) is 0.538. The van der Waals surface area contributed by atoms with Gasteiger partial charge in [0.05, 0.1) is 5.56 Å². The third-order valence-corrected chi connectivity index (χ3v) is 3.38. The highest BCUT2D eigenvalue weighted by Crippen LogP contribution is 2.29. The van der Waals surface area contributed by atoms with Gasteiger partial charge in [-0.05, 0) is 18.1 Å². The molecule has 0 amide bonds. The molecule has 7 heteroatoms. The minimum atomic E-state index is -4.49. The van der Waals surface area contributed by atoms with Crippen molar-refractivity contribution in [1.29, 1.82) is 0 Å². The molecule has 0 spiro atoms. The summed E-state index contributed by atoms with van der Waals surface area (Å²) in [5.74, 6) is 0.463. The van der Waals surface area contributed by atoms with Crippen LogP contribution in [-0.4, -0.2) is 16.5 Å². The van der Waals surface area contributed by atoms with Crippen LogP contribution in [0.3, 0.4) is 0 Å². The Bertz CT molecular complexity index is 470. The minimum Gasteiger partial charge on any atom is -0.389 e. The Labute approximate surface area is 121 Å². The van der Waals surface area contributed by atoms with Crippen LogP contribution < -0.4 is 11.1 Å². The highest BCUT2D eigenvalue weighted by Gasteiger charge is 2.33. The summed E-state index contributed by atoms with van der Waals surface area (Å²) in [7, 11) is 0. The van der Waals surface area contributed by atoms with Gasteiger partial charge in [-0.3, -0.25) is 0 Å². The largest absolute Gasteiger partial charge is 0.433 e. The standard InChI is InChI=1S/C13H18F3N3S/c1-3-8(4-2)7-18-12-9(11(17)20)5-6-10(19-12)13(14,15)16/h5-6,8H,3-4,7H2,1-2H3,(H2,17,20)(H,18,19). The monoisotopic (exact) mass is 305 g/mol. The quantitative estimate of drug-likeness (QED) is 0.789. The number of hydrogen-bond acceptors (Lipinski definition) is 3. The van der Waals surface area contributed by atoms with Crippen molar-refractivity contribution < 1.29 is 13.2 Å². The first-order valence-corrected chi connectivity index (χ1v) is 6.82. The van der Waals surface area contributed by atoms with Crippen LogP contribution in [0.2, 0.25) is 0 Å². The minimum absolute atomic E-state index is 0.0262. The van der Waals surface area contributed by atoms with Crippen molar-refractivity contribution >= 4 is 23.0 Å². The van der Waals surface area contributed by atoms with Crippen LogP contribution in [0.1, 0.15) is 37.9 Å². The van der Waals surface area contributed by atoms with Crippen molar-refractivity contribution in [3.8, 4) is 0 Å². The van der Waals surface area contributed by atoms with Gasteiger partial charge < -0.3 is 11.1 Å². The number of nitrogens with two attached hydrogens (primary N) is 1. The van der Waals surface area contributed by atoms with E-state index in [1.165, 1.54) is 6.07 Å². The van der Waals surface area contributed by atoms with Crippen LogP contribution >= 0.6 is 12.2 Å². The molecule has 112 valence electrons. The van der Waals surface area contributed by atoms with Gasteiger partial charge in [0.25, 0.3) is 0 Å². The van der Waals surface area contributed by atoms with Gasteiger partial charge in [0.2, 0.25) is 0 Å². The van der Waals surface area contributed by atoms with E-state index in [9.17, 15) is 13.2 Å². The maximum Gasteiger partial charge on any atom is 0.433 e. The molecule has 0 saturated heterocycles. The second-order valence-corrected chi connectivity index (χ2v) is 4.96. The van der Waals surface area contributed by atoms with Gasteiger partial charge >= 0.3 is 6.18 Å². The van der Waals surface area contributed by atoms with Crippen LogP contribution in [-0.2, 0) is 6.18 Å². The molecule has 20 heavy (non-hydrogen) atoms. The topological polar surface area (TPSA) is 50.9 Å². The zero-order chi connectivity index (χ0) is 15.3. The Morgan fingerprint density at radius 1 is 1.35 bits per heavy atom. The molecule has 0 aromatic carbocycles. The van der Waals surface area contributed by atoms with E-state index in [2.05, 4.69) is 10.3 Å². The van der Waals surface area contributed by atoms with Gasteiger partial charge in [0, 0.05) is 6.54 Å². The summed E-state index contributed by atoms with van der Waals surface area (Å²) in [5.41, 5.74) is 4.89.